The molecule has 3 aliphatic rings. The fourth-order valence-corrected chi connectivity index (χ4v) is 4.68. The normalized spacial score (nSPS) is 26.8. The number of amides is 2. The van der Waals surface area contributed by atoms with E-state index in [2.05, 4.69) is 17.3 Å². The van der Waals surface area contributed by atoms with Gasteiger partial charge in [-0.3, -0.25) is 9.59 Å². The first-order valence-electron chi connectivity index (χ1n) is 10.0. The van der Waals surface area contributed by atoms with E-state index < -0.39 is 0 Å². The molecule has 2 fully saturated rings. The molecule has 2 aliphatic carbocycles. The van der Waals surface area contributed by atoms with E-state index in [9.17, 15) is 14.4 Å². The van der Waals surface area contributed by atoms with Crippen LogP contribution < -0.4 is 0 Å². The summed E-state index contributed by atoms with van der Waals surface area (Å²) in [6.07, 6.45) is 6.38. The Morgan fingerprint density at radius 1 is 1.10 bits per heavy atom. The van der Waals surface area contributed by atoms with Gasteiger partial charge in [0.05, 0.1) is 30.2 Å². The Kier molecular flexibility index (Phi) is 4.38. The molecule has 1 aromatic heterocycles. The number of hydrogen-bond acceptors (Lipinski definition) is 6. The van der Waals surface area contributed by atoms with Crippen molar-refractivity contribution in [2.75, 3.05) is 6.61 Å². The van der Waals surface area contributed by atoms with Crippen molar-refractivity contribution in [3.05, 3.63) is 59.9 Å². The molecule has 0 spiro atoms. The Labute approximate surface area is 173 Å². The lowest BCUT2D eigenvalue weighted by Crippen LogP contribution is -2.28. The first kappa shape index (κ1) is 18.5. The highest BCUT2D eigenvalue weighted by atomic mass is 16.5. The van der Waals surface area contributed by atoms with Crippen LogP contribution in [0.2, 0.25) is 0 Å². The molecule has 1 aromatic carbocycles. The van der Waals surface area contributed by atoms with Crippen LogP contribution in [-0.2, 0) is 14.3 Å². The van der Waals surface area contributed by atoms with Gasteiger partial charge in [-0.05, 0) is 49.4 Å². The summed E-state index contributed by atoms with van der Waals surface area (Å²) in [5.41, 5.74) is 1.25. The van der Waals surface area contributed by atoms with Crippen LogP contribution in [0.3, 0.4) is 0 Å². The van der Waals surface area contributed by atoms with Crippen molar-refractivity contribution in [2.24, 2.45) is 28.8 Å². The summed E-state index contributed by atoms with van der Waals surface area (Å²) in [5, 5.41) is 5.12. The molecule has 0 unspecified atom stereocenters. The molecule has 2 amide bonds. The number of allylic oxidation sites excluding steroid dienone is 2. The van der Waals surface area contributed by atoms with Crippen LogP contribution in [0.5, 0.6) is 0 Å². The second-order valence-corrected chi connectivity index (χ2v) is 7.73. The number of nitrogens with zero attached hydrogens (tertiary/aromatic N) is 2. The van der Waals surface area contributed by atoms with E-state index in [1.165, 1.54) is 6.21 Å². The topological polar surface area (TPSA) is 89.2 Å². The maximum atomic E-state index is 12.7. The highest BCUT2D eigenvalue weighted by molar-refractivity contribution is 6.06. The number of furan rings is 1. The highest BCUT2D eigenvalue weighted by Gasteiger charge is 2.59. The predicted octanol–water partition coefficient (Wildman–Crippen LogP) is 3.26. The molecule has 1 aliphatic heterocycles. The van der Waals surface area contributed by atoms with Crippen molar-refractivity contribution >= 4 is 24.0 Å². The first-order chi connectivity index (χ1) is 14.6. The molecule has 30 heavy (non-hydrogen) atoms. The summed E-state index contributed by atoms with van der Waals surface area (Å²) in [5.74, 6) is -0.0230. The molecule has 7 nitrogen and oxygen atoms in total. The van der Waals surface area contributed by atoms with Crippen molar-refractivity contribution in [3.63, 3.8) is 0 Å². The Balaban J connectivity index is 1.30. The molecular formula is C23H20N2O5. The van der Waals surface area contributed by atoms with Crippen LogP contribution in [0.4, 0.5) is 0 Å². The second-order valence-electron chi connectivity index (χ2n) is 7.73. The molecule has 2 heterocycles. The molecule has 1 saturated heterocycles. The van der Waals surface area contributed by atoms with Crippen LogP contribution in [0, 0.1) is 23.7 Å². The van der Waals surface area contributed by atoms with Gasteiger partial charge in [-0.2, -0.15) is 10.1 Å². The van der Waals surface area contributed by atoms with Crippen LogP contribution >= 0.6 is 0 Å². The van der Waals surface area contributed by atoms with E-state index >= 15 is 0 Å². The van der Waals surface area contributed by atoms with Gasteiger partial charge in [0, 0.05) is 5.56 Å². The van der Waals surface area contributed by atoms with Crippen LogP contribution in [0.25, 0.3) is 11.3 Å². The quantitative estimate of drug-likeness (QED) is 0.330. The Bertz CT molecular complexity index is 1050. The highest BCUT2D eigenvalue weighted by Crippen LogP contribution is 2.52. The molecule has 0 N–H and O–H groups in total. The summed E-state index contributed by atoms with van der Waals surface area (Å²) in [6.45, 7) is 2.08. The average Bonchev–Trinajstić information content (AvgIpc) is 3.52. The number of ether oxygens (including phenoxy) is 1. The molecule has 152 valence electrons. The third-order valence-corrected chi connectivity index (χ3v) is 6.05. The zero-order chi connectivity index (χ0) is 20.8. The number of carbonyl (C=O) groups excluding carboxylic acids is 3. The van der Waals surface area contributed by atoms with Gasteiger partial charge in [0.15, 0.2) is 0 Å². The smallest absolute Gasteiger partial charge is 0.338 e. The zero-order valence-corrected chi connectivity index (χ0v) is 16.4. The van der Waals surface area contributed by atoms with E-state index in [-0.39, 0.29) is 41.5 Å². The van der Waals surface area contributed by atoms with Crippen molar-refractivity contribution in [1.82, 2.24) is 5.01 Å². The Morgan fingerprint density at radius 2 is 1.77 bits per heavy atom. The Hall–Kier alpha value is -3.48. The van der Waals surface area contributed by atoms with E-state index in [0.29, 0.717) is 23.7 Å². The molecular weight excluding hydrogens is 384 g/mol. The van der Waals surface area contributed by atoms with Crippen molar-refractivity contribution in [3.8, 4) is 11.3 Å². The SMILES string of the molecule is CCOC(=O)c1ccc(-c2ccc(/C=N\N3C(=O)[C@@H]4[C@H](C3=O)[C@@H]3C=C[C@H]4C3)o2)cc1. The first-order valence-corrected chi connectivity index (χ1v) is 10.0. The number of carbonyl (C=O) groups is 3. The van der Waals surface area contributed by atoms with Crippen LogP contribution in [0.1, 0.15) is 29.5 Å². The molecule has 0 radical (unpaired) electrons. The lowest BCUT2D eigenvalue weighted by Gasteiger charge is -2.13. The predicted molar refractivity (Wildman–Crippen MR) is 107 cm³/mol. The third kappa shape index (κ3) is 2.89. The molecule has 2 bridgehead atoms. The number of fused-ring (bicyclic) bond motifs is 5. The minimum Gasteiger partial charge on any atom is -0.462 e. The standard InChI is InChI=1S/C23H20N2O5/c1-2-29-23(28)14-5-3-13(4-6-14)18-10-9-17(30-18)12-24-25-21(26)19-15-7-8-16(11-15)20(19)22(25)27/h3-10,12,15-16,19-20H,2,11H2,1H3/b24-12-/t15-,16+,19-,20+. The molecule has 5 rings (SSSR count). The van der Waals surface area contributed by atoms with E-state index in [1.807, 2.05) is 0 Å². The molecule has 7 heteroatoms. The minimum absolute atomic E-state index is 0.157. The summed E-state index contributed by atoms with van der Waals surface area (Å²) >= 11 is 0. The van der Waals surface area contributed by atoms with Gasteiger partial charge >= 0.3 is 5.97 Å². The van der Waals surface area contributed by atoms with Crippen LogP contribution in [0.15, 0.2) is 58.1 Å². The van der Waals surface area contributed by atoms with E-state index in [4.69, 9.17) is 9.15 Å². The van der Waals surface area contributed by atoms with Gasteiger partial charge in [0.2, 0.25) is 0 Å². The van der Waals surface area contributed by atoms with Gasteiger partial charge in [-0.1, -0.05) is 24.3 Å². The van der Waals surface area contributed by atoms with Gasteiger partial charge in [-0.15, -0.1) is 0 Å². The summed E-state index contributed by atoms with van der Waals surface area (Å²) in [4.78, 5) is 37.1. The number of esters is 1. The number of rotatable bonds is 5. The maximum absolute atomic E-state index is 12.7. The lowest BCUT2D eigenvalue weighted by atomic mass is 9.85. The molecule has 2 aromatic rings. The number of hydrogen-bond donors (Lipinski definition) is 0. The maximum Gasteiger partial charge on any atom is 0.338 e. The van der Waals surface area contributed by atoms with Crippen molar-refractivity contribution in [2.45, 2.75) is 13.3 Å². The average molecular weight is 404 g/mol. The van der Waals surface area contributed by atoms with Crippen molar-refractivity contribution < 1.29 is 23.5 Å². The fourth-order valence-electron chi connectivity index (χ4n) is 4.68. The summed E-state index contributed by atoms with van der Waals surface area (Å²) < 4.78 is 10.7. The number of imide groups is 1. The lowest BCUT2D eigenvalue weighted by molar-refractivity contribution is -0.140. The van der Waals surface area contributed by atoms with Gasteiger partial charge in [-0.25, -0.2) is 4.79 Å². The molecule has 1 saturated carbocycles. The third-order valence-electron chi connectivity index (χ3n) is 6.05. The Morgan fingerprint density at radius 3 is 2.40 bits per heavy atom. The van der Waals surface area contributed by atoms with Crippen molar-refractivity contribution in [1.29, 1.82) is 0 Å². The van der Waals surface area contributed by atoms with Gasteiger partial charge < -0.3 is 9.15 Å². The minimum atomic E-state index is -0.371. The summed E-state index contributed by atoms with van der Waals surface area (Å²) in [7, 11) is 0. The summed E-state index contributed by atoms with van der Waals surface area (Å²) in [6, 6.07) is 10.4. The number of benzene rings is 1. The monoisotopic (exact) mass is 404 g/mol. The molecule has 4 atom stereocenters. The van der Waals surface area contributed by atoms with Gasteiger partial charge in [0.25, 0.3) is 11.8 Å². The largest absolute Gasteiger partial charge is 0.462 e. The zero-order valence-electron chi connectivity index (χ0n) is 16.4. The number of hydrazone groups is 1. The van der Waals surface area contributed by atoms with Crippen LogP contribution in [-0.4, -0.2) is 35.6 Å². The fraction of sp³-hybridized carbons (Fsp3) is 0.304. The van der Waals surface area contributed by atoms with E-state index in [1.54, 1.807) is 43.3 Å². The second kappa shape index (κ2) is 7.09. The van der Waals surface area contributed by atoms with Gasteiger partial charge in [0.1, 0.15) is 11.5 Å². The van der Waals surface area contributed by atoms with E-state index in [0.717, 1.165) is 17.0 Å².